The van der Waals surface area contributed by atoms with Crippen LogP contribution in [-0.4, -0.2) is 25.3 Å². The summed E-state index contributed by atoms with van der Waals surface area (Å²) in [6.45, 7) is 3.74. The van der Waals surface area contributed by atoms with Gasteiger partial charge in [-0.15, -0.1) is 0 Å². The van der Waals surface area contributed by atoms with Crippen molar-refractivity contribution in [2.24, 2.45) is 0 Å². The summed E-state index contributed by atoms with van der Waals surface area (Å²) in [6, 6.07) is 3.60. The lowest BCUT2D eigenvalue weighted by molar-refractivity contribution is -0.150. The third-order valence-electron chi connectivity index (χ3n) is 2.66. The standard InChI is InChI=1S/C12H16O4/c1-7-5-6-9(15-3)10(8(7)2)11(13)12(14)16-4/h5-6,11,13H,1-4H3. The van der Waals surface area contributed by atoms with Crippen molar-refractivity contribution in [3.8, 4) is 5.75 Å². The lowest BCUT2D eigenvalue weighted by Gasteiger charge is -2.17. The van der Waals surface area contributed by atoms with E-state index < -0.39 is 12.1 Å². The largest absolute Gasteiger partial charge is 0.496 e. The van der Waals surface area contributed by atoms with Gasteiger partial charge < -0.3 is 14.6 Å². The van der Waals surface area contributed by atoms with Crippen LogP contribution in [0.4, 0.5) is 0 Å². The maximum atomic E-state index is 11.3. The third kappa shape index (κ3) is 2.17. The highest BCUT2D eigenvalue weighted by Crippen LogP contribution is 2.31. The van der Waals surface area contributed by atoms with Crippen LogP contribution in [0.15, 0.2) is 12.1 Å². The molecular weight excluding hydrogens is 208 g/mol. The van der Waals surface area contributed by atoms with Crippen molar-refractivity contribution < 1.29 is 19.4 Å². The Balaban J connectivity index is 3.29. The van der Waals surface area contributed by atoms with Gasteiger partial charge in [0.2, 0.25) is 0 Å². The van der Waals surface area contributed by atoms with Crippen molar-refractivity contribution in [3.63, 3.8) is 0 Å². The first-order valence-corrected chi connectivity index (χ1v) is 4.93. The van der Waals surface area contributed by atoms with E-state index in [1.807, 2.05) is 19.9 Å². The van der Waals surface area contributed by atoms with Crippen LogP contribution < -0.4 is 4.74 Å². The van der Waals surface area contributed by atoms with Crippen LogP contribution in [0.25, 0.3) is 0 Å². The fourth-order valence-electron chi connectivity index (χ4n) is 1.56. The lowest BCUT2D eigenvalue weighted by Crippen LogP contribution is -2.16. The van der Waals surface area contributed by atoms with E-state index in [0.29, 0.717) is 11.3 Å². The molecule has 16 heavy (non-hydrogen) atoms. The van der Waals surface area contributed by atoms with Gasteiger partial charge in [0.25, 0.3) is 0 Å². The molecular formula is C12H16O4. The minimum absolute atomic E-state index is 0.467. The Hall–Kier alpha value is -1.55. The van der Waals surface area contributed by atoms with E-state index in [0.717, 1.165) is 11.1 Å². The number of esters is 1. The van der Waals surface area contributed by atoms with Crippen molar-refractivity contribution in [1.82, 2.24) is 0 Å². The number of hydrogen-bond acceptors (Lipinski definition) is 4. The maximum absolute atomic E-state index is 11.3. The molecule has 0 amide bonds. The van der Waals surface area contributed by atoms with Gasteiger partial charge in [-0.2, -0.15) is 0 Å². The molecule has 0 heterocycles. The van der Waals surface area contributed by atoms with Gasteiger partial charge in [-0.05, 0) is 31.0 Å². The highest BCUT2D eigenvalue weighted by Gasteiger charge is 2.24. The number of carbonyl (C=O) groups is 1. The summed E-state index contributed by atoms with van der Waals surface area (Å²) in [4.78, 5) is 11.3. The van der Waals surface area contributed by atoms with Crippen molar-refractivity contribution >= 4 is 5.97 Å². The lowest BCUT2D eigenvalue weighted by atomic mass is 9.98. The Morgan fingerprint density at radius 3 is 2.44 bits per heavy atom. The molecule has 0 fully saturated rings. The Labute approximate surface area is 94.8 Å². The Morgan fingerprint density at radius 1 is 1.31 bits per heavy atom. The first-order valence-electron chi connectivity index (χ1n) is 4.93. The molecule has 1 rings (SSSR count). The van der Waals surface area contributed by atoms with Crippen molar-refractivity contribution in [3.05, 3.63) is 28.8 Å². The van der Waals surface area contributed by atoms with Crippen molar-refractivity contribution in [1.29, 1.82) is 0 Å². The Kier molecular flexibility index (Phi) is 3.90. The number of carbonyl (C=O) groups excluding carboxylic acids is 1. The Morgan fingerprint density at radius 2 is 1.94 bits per heavy atom. The molecule has 0 radical (unpaired) electrons. The van der Waals surface area contributed by atoms with Gasteiger partial charge in [0, 0.05) is 5.56 Å². The third-order valence-corrected chi connectivity index (χ3v) is 2.66. The Bertz CT molecular complexity index is 398. The molecule has 0 aliphatic rings. The molecule has 0 spiro atoms. The number of aliphatic hydroxyl groups is 1. The van der Waals surface area contributed by atoms with Crippen LogP contribution in [0, 0.1) is 13.8 Å². The van der Waals surface area contributed by atoms with Crippen LogP contribution >= 0.6 is 0 Å². The first kappa shape index (κ1) is 12.5. The minimum Gasteiger partial charge on any atom is -0.496 e. The maximum Gasteiger partial charge on any atom is 0.339 e. The molecule has 1 unspecified atom stereocenters. The van der Waals surface area contributed by atoms with Crippen LogP contribution in [0.2, 0.25) is 0 Å². The molecule has 1 aromatic rings. The summed E-state index contributed by atoms with van der Waals surface area (Å²) >= 11 is 0. The molecule has 4 heteroatoms. The normalized spacial score (nSPS) is 12.1. The fraction of sp³-hybridized carbons (Fsp3) is 0.417. The molecule has 0 aliphatic carbocycles. The second kappa shape index (κ2) is 4.99. The van der Waals surface area contributed by atoms with Gasteiger partial charge in [0.15, 0.2) is 6.10 Å². The van der Waals surface area contributed by atoms with Gasteiger partial charge in [0.1, 0.15) is 5.75 Å². The second-order valence-corrected chi connectivity index (χ2v) is 3.55. The second-order valence-electron chi connectivity index (χ2n) is 3.55. The van der Waals surface area contributed by atoms with E-state index >= 15 is 0 Å². The van der Waals surface area contributed by atoms with Crippen molar-refractivity contribution in [2.45, 2.75) is 20.0 Å². The number of methoxy groups -OCH3 is 2. The molecule has 1 N–H and O–H groups in total. The molecule has 4 nitrogen and oxygen atoms in total. The molecule has 0 bridgehead atoms. The van der Waals surface area contributed by atoms with Crippen LogP contribution in [0.3, 0.4) is 0 Å². The number of ether oxygens (including phenoxy) is 2. The van der Waals surface area contributed by atoms with Gasteiger partial charge >= 0.3 is 5.97 Å². The quantitative estimate of drug-likeness (QED) is 0.791. The average molecular weight is 224 g/mol. The minimum atomic E-state index is -1.31. The molecule has 88 valence electrons. The highest BCUT2D eigenvalue weighted by molar-refractivity contribution is 5.78. The molecule has 0 saturated heterocycles. The topological polar surface area (TPSA) is 55.8 Å². The smallest absolute Gasteiger partial charge is 0.339 e. The molecule has 0 aromatic heterocycles. The number of aliphatic hydroxyl groups excluding tert-OH is 1. The summed E-state index contributed by atoms with van der Waals surface area (Å²) in [5.74, 6) is -0.201. The van der Waals surface area contributed by atoms with E-state index in [1.54, 1.807) is 6.07 Å². The number of rotatable bonds is 3. The van der Waals surface area contributed by atoms with E-state index in [9.17, 15) is 9.90 Å². The number of aryl methyl sites for hydroxylation is 1. The van der Waals surface area contributed by atoms with Gasteiger partial charge in [-0.1, -0.05) is 6.07 Å². The van der Waals surface area contributed by atoms with Gasteiger partial charge in [-0.3, -0.25) is 0 Å². The SMILES string of the molecule is COC(=O)C(O)c1c(OC)ccc(C)c1C. The summed E-state index contributed by atoms with van der Waals surface area (Å²) < 4.78 is 9.65. The number of hydrogen-bond donors (Lipinski definition) is 1. The van der Waals surface area contributed by atoms with Crippen molar-refractivity contribution in [2.75, 3.05) is 14.2 Å². The average Bonchev–Trinajstić information content (AvgIpc) is 2.30. The van der Waals surface area contributed by atoms with E-state index in [4.69, 9.17) is 4.74 Å². The van der Waals surface area contributed by atoms with Gasteiger partial charge in [-0.25, -0.2) is 4.79 Å². The highest BCUT2D eigenvalue weighted by atomic mass is 16.5. The zero-order valence-electron chi connectivity index (χ0n) is 9.90. The predicted molar refractivity (Wildman–Crippen MR) is 59.4 cm³/mol. The molecule has 1 atom stereocenters. The molecule has 0 saturated carbocycles. The van der Waals surface area contributed by atoms with E-state index in [-0.39, 0.29) is 0 Å². The zero-order chi connectivity index (χ0) is 12.3. The first-order chi connectivity index (χ1) is 7.52. The molecule has 1 aromatic carbocycles. The van der Waals surface area contributed by atoms with Crippen LogP contribution in [0.5, 0.6) is 5.75 Å². The summed E-state index contributed by atoms with van der Waals surface area (Å²) in [5.41, 5.74) is 2.28. The summed E-state index contributed by atoms with van der Waals surface area (Å²) in [6.07, 6.45) is -1.31. The van der Waals surface area contributed by atoms with E-state index in [1.165, 1.54) is 14.2 Å². The monoisotopic (exact) mass is 224 g/mol. The zero-order valence-corrected chi connectivity index (χ0v) is 9.90. The van der Waals surface area contributed by atoms with Crippen LogP contribution in [-0.2, 0) is 9.53 Å². The van der Waals surface area contributed by atoms with Gasteiger partial charge in [0.05, 0.1) is 14.2 Å². The fourth-order valence-corrected chi connectivity index (χ4v) is 1.56. The number of benzene rings is 1. The van der Waals surface area contributed by atoms with Crippen LogP contribution in [0.1, 0.15) is 22.8 Å². The molecule has 0 aliphatic heterocycles. The van der Waals surface area contributed by atoms with E-state index in [2.05, 4.69) is 4.74 Å². The summed E-state index contributed by atoms with van der Waals surface area (Å²) in [7, 11) is 2.74. The predicted octanol–water partition coefficient (Wildman–Crippen LogP) is 1.52. The summed E-state index contributed by atoms with van der Waals surface area (Å²) in [5, 5.41) is 9.85.